The van der Waals surface area contributed by atoms with E-state index in [1.54, 1.807) is 4.90 Å². The van der Waals surface area contributed by atoms with Crippen LogP contribution in [0.3, 0.4) is 0 Å². The van der Waals surface area contributed by atoms with Gasteiger partial charge in [0.2, 0.25) is 0 Å². The van der Waals surface area contributed by atoms with Crippen LogP contribution in [-0.2, 0) is 9.53 Å². The first-order valence-corrected chi connectivity index (χ1v) is 10.6. The summed E-state index contributed by atoms with van der Waals surface area (Å²) < 4.78 is 29.6. The Balaban J connectivity index is 1.40. The first-order chi connectivity index (χ1) is 15.1. The van der Waals surface area contributed by atoms with E-state index in [9.17, 15) is 14.0 Å². The number of amides is 1. The molecule has 2 aromatic carbocycles. The summed E-state index contributed by atoms with van der Waals surface area (Å²) >= 11 is 0. The SMILES string of the molecule is CCCOc1ccc(OCCOC(=O)C2CCCN(C(=O)c3ccc(F)cc3)C2)cc1. The number of rotatable bonds is 9. The van der Waals surface area contributed by atoms with Crippen molar-refractivity contribution in [3.05, 3.63) is 59.9 Å². The van der Waals surface area contributed by atoms with E-state index < -0.39 is 0 Å². The molecule has 2 aromatic rings. The predicted octanol–water partition coefficient (Wildman–Crippen LogP) is 4.09. The van der Waals surface area contributed by atoms with Gasteiger partial charge in [0.05, 0.1) is 12.5 Å². The Morgan fingerprint density at radius 2 is 1.61 bits per heavy atom. The van der Waals surface area contributed by atoms with E-state index in [0.717, 1.165) is 18.6 Å². The summed E-state index contributed by atoms with van der Waals surface area (Å²) in [7, 11) is 0. The van der Waals surface area contributed by atoms with Crippen molar-refractivity contribution in [2.45, 2.75) is 26.2 Å². The normalized spacial score (nSPS) is 15.9. The van der Waals surface area contributed by atoms with Crippen LogP contribution < -0.4 is 9.47 Å². The lowest BCUT2D eigenvalue weighted by atomic mass is 9.97. The summed E-state index contributed by atoms with van der Waals surface area (Å²) in [5, 5.41) is 0. The molecule has 1 amide bonds. The van der Waals surface area contributed by atoms with Crippen LogP contribution in [0.2, 0.25) is 0 Å². The minimum Gasteiger partial charge on any atom is -0.494 e. The van der Waals surface area contributed by atoms with Gasteiger partial charge in [-0.1, -0.05) is 6.92 Å². The van der Waals surface area contributed by atoms with E-state index in [1.807, 2.05) is 31.2 Å². The molecule has 1 aliphatic heterocycles. The third-order valence-corrected chi connectivity index (χ3v) is 5.03. The minimum atomic E-state index is -0.389. The molecule has 0 N–H and O–H groups in total. The van der Waals surface area contributed by atoms with E-state index >= 15 is 0 Å². The highest BCUT2D eigenvalue weighted by Gasteiger charge is 2.30. The zero-order valence-electron chi connectivity index (χ0n) is 17.7. The molecule has 31 heavy (non-hydrogen) atoms. The fraction of sp³-hybridized carbons (Fsp3) is 0.417. The van der Waals surface area contributed by atoms with Crippen molar-refractivity contribution in [1.82, 2.24) is 4.90 Å². The third kappa shape index (κ3) is 6.70. The molecule has 0 radical (unpaired) electrons. The molecule has 1 aliphatic rings. The summed E-state index contributed by atoms with van der Waals surface area (Å²) in [4.78, 5) is 26.6. The molecule has 0 bridgehead atoms. The van der Waals surface area contributed by atoms with Gasteiger partial charge in [-0.25, -0.2) is 4.39 Å². The summed E-state index contributed by atoms with van der Waals surface area (Å²) in [6.45, 7) is 3.97. The molecule has 6 nitrogen and oxygen atoms in total. The first kappa shape index (κ1) is 22.6. The fourth-order valence-electron chi connectivity index (χ4n) is 3.40. The summed E-state index contributed by atoms with van der Waals surface area (Å²) in [6, 6.07) is 12.7. The molecule has 0 aliphatic carbocycles. The molecule has 0 aromatic heterocycles. The zero-order chi connectivity index (χ0) is 22.1. The third-order valence-electron chi connectivity index (χ3n) is 5.03. The lowest BCUT2D eigenvalue weighted by Gasteiger charge is -2.31. The van der Waals surface area contributed by atoms with E-state index in [2.05, 4.69) is 0 Å². The second-order valence-corrected chi connectivity index (χ2v) is 7.43. The molecule has 0 spiro atoms. The van der Waals surface area contributed by atoms with Gasteiger partial charge in [0.1, 0.15) is 30.5 Å². The van der Waals surface area contributed by atoms with Crippen LogP contribution >= 0.6 is 0 Å². The van der Waals surface area contributed by atoms with Crippen LogP contribution in [0, 0.1) is 11.7 Å². The van der Waals surface area contributed by atoms with Gasteiger partial charge in [-0.05, 0) is 67.8 Å². The van der Waals surface area contributed by atoms with Gasteiger partial charge in [0.25, 0.3) is 5.91 Å². The quantitative estimate of drug-likeness (QED) is 0.444. The Bertz CT molecular complexity index is 853. The number of nitrogens with zero attached hydrogens (tertiary/aromatic N) is 1. The number of halogens is 1. The number of esters is 1. The van der Waals surface area contributed by atoms with Gasteiger partial charge in [-0.2, -0.15) is 0 Å². The van der Waals surface area contributed by atoms with E-state index in [1.165, 1.54) is 24.3 Å². The van der Waals surface area contributed by atoms with Crippen molar-refractivity contribution >= 4 is 11.9 Å². The molecular formula is C24H28FNO5. The molecule has 1 unspecified atom stereocenters. The largest absolute Gasteiger partial charge is 0.494 e. The van der Waals surface area contributed by atoms with Crippen molar-refractivity contribution in [2.24, 2.45) is 5.92 Å². The lowest BCUT2D eigenvalue weighted by molar-refractivity contribution is -0.150. The number of carbonyl (C=O) groups is 2. The Morgan fingerprint density at radius 3 is 2.26 bits per heavy atom. The van der Waals surface area contributed by atoms with E-state index in [4.69, 9.17) is 14.2 Å². The van der Waals surface area contributed by atoms with Crippen LogP contribution in [0.25, 0.3) is 0 Å². The minimum absolute atomic E-state index is 0.134. The highest BCUT2D eigenvalue weighted by molar-refractivity contribution is 5.94. The number of ether oxygens (including phenoxy) is 3. The number of likely N-dealkylation sites (tertiary alicyclic amines) is 1. The second-order valence-electron chi connectivity index (χ2n) is 7.43. The maximum Gasteiger partial charge on any atom is 0.310 e. The molecule has 0 saturated carbocycles. The molecule has 1 atom stereocenters. The summed E-state index contributed by atoms with van der Waals surface area (Å²) in [5.74, 6) is 0.176. The molecule has 3 rings (SSSR count). The van der Waals surface area contributed by atoms with Gasteiger partial charge in [0.15, 0.2) is 0 Å². The number of hydrogen-bond donors (Lipinski definition) is 0. The van der Waals surface area contributed by atoms with Crippen molar-refractivity contribution in [3.63, 3.8) is 0 Å². The van der Waals surface area contributed by atoms with Gasteiger partial charge in [-0.15, -0.1) is 0 Å². The maximum absolute atomic E-state index is 13.1. The maximum atomic E-state index is 13.1. The summed E-state index contributed by atoms with van der Waals surface area (Å²) in [6.07, 6.45) is 2.34. The topological polar surface area (TPSA) is 65.1 Å². The van der Waals surface area contributed by atoms with Crippen molar-refractivity contribution < 1.29 is 28.2 Å². The fourth-order valence-corrected chi connectivity index (χ4v) is 3.40. The van der Waals surface area contributed by atoms with E-state index in [-0.39, 0.29) is 36.8 Å². The molecule has 1 heterocycles. The van der Waals surface area contributed by atoms with Crippen molar-refractivity contribution in [2.75, 3.05) is 32.9 Å². The second kappa shape index (κ2) is 11.3. The highest BCUT2D eigenvalue weighted by Crippen LogP contribution is 2.21. The first-order valence-electron chi connectivity index (χ1n) is 10.6. The molecular weight excluding hydrogens is 401 g/mol. The number of benzene rings is 2. The van der Waals surface area contributed by atoms with Gasteiger partial charge >= 0.3 is 5.97 Å². The summed E-state index contributed by atoms with van der Waals surface area (Å²) in [5.41, 5.74) is 0.412. The number of hydrogen-bond acceptors (Lipinski definition) is 5. The van der Waals surface area contributed by atoms with Crippen LogP contribution in [0.5, 0.6) is 11.5 Å². The van der Waals surface area contributed by atoms with Crippen LogP contribution in [0.4, 0.5) is 4.39 Å². The Labute approximate surface area is 181 Å². The highest BCUT2D eigenvalue weighted by atomic mass is 19.1. The monoisotopic (exact) mass is 429 g/mol. The molecule has 166 valence electrons. The number of piperidine rings is 1. The Kier molecular flexibility index (Phi) is 8.27. The van der Waals surface area contributed by atoms with Crippen LogP contribution in [0.15, 0.2) is 48.5 Å². The smallest absolute Gasteiger partial charge is 0.310 e. The van der Waals surface area contributed by atoms with E-state index in [0.29, 0.717) is 37.4 Å². The van der Waals surface area contributed by atoms with Crippen LogP contribution in [0.1, 0.15) is 36.5 Å². The average molecular weight is 429 g/mol. The Morgan fingerprint density at radius 1 is 0.968 bits per heavy atom. The molecule has 7 heteroatoms. The van der Waals surface area contributed by atoms with Crippen molar-refractivity contribution in [3.8, 4) is 11.5 Å². The van der Waals surface area contributed by atoms with Crippen molar-refractivity contribution in [1.29, 1.82) is 0 Å². The molecule has 1 saturated heterocycles. The van der Waals surface area contributed by atoms with Gasteiger partial charge in [0, 0.05) is 18.7 Å². The Hall–Kier alpha value is -3.09. The number of carbonyl (C=O) groups excluding carboxylic acids is 2. The lowest BCUT2D eigenvalue weighted by Crippen LogP contribution is -2.43. The zero-order valence-corrected chi connectivity index (χ0v) is 17.7. The van der Waals surface area contributed by atoms with Gasteiger partial charge < -0.3 is 19.1 Å². The standard InChI is InChI=1S/C24H28FNO5/c1-2-14-29-21-9-11-22(12-10-21)30-15-16-31-24(28)19-4-3-13-26(17-19)23(27)18-5-7-20(25)8-6-18/h5-12,19H,2-4,13-17H2,1H3. The molecule has 1 fully saturated rings. The predicted molar refractivity (Wildman–Crippen MR) is 114 cm³/mol. The van der Waals surface area contributed by atoms with Crippen LogP contribution in [-0.4, -0.2) is 49.7 Å². The van der Waals surface area contributed by atoms with Gasteiger partial charge in [-0.3, -0.25) is 9.59 Å². The average Bonchev–Trinajstić information content (AvgIpc) is 2.81.